The predicted molar refractivity (Wildman–Crippen MR) is 97.9 cm³/mol. The second-order valence-corrected chi connectivity index (χ2v) is 8.20. The highest BCUT2D eigenvalue weighted by atomic mass is 32.2. The molecule has 7 nitrogen and oxygen atoms in total. The van der Waals surface area contributed by atoms with E-state index in [1.807, 2.05) is 13.3 Å². The Kier molecular flexibility index (Phi) is 4.16. The van der Waals surface area contributed by atoms with E-state index in [0.717, 1.165) is 38.8 Å². The van der Waals surface area contributed by atoms with Crippen LogP contribution in [-0.4, -0.2) is 49.4 Å². The molecule has 0 radical (unpaired) electrons. The van der Waals surface area contributed by atoms with Crippen molar-refractivity contribution in [1.29, 1.82) is 0 Å². The largest absolute Gasteiger partial charge is 0.387 e. The number of hydrogen-bond donors (Lipinski definition) is 2. The van der Waals surface area contributed by atoms with Crippen molar-refractivity contribution in [2.24, 2.45) is 12.5 Å². The Bertz CT molecular complexity index is 855. The average Bonchev–Trinajstić information content (AvgIpc) is 3.18. The number of hydrogen-bond acceptors (Lipinski definition) is 6. The molecular weight excluding hydrogens is 338 g/mol. The molecule has 1 saturated heterocycles. The van der Waals surface area contributed by atoms with Crippen LogP contribution in [-0.2, 0) is 13.6 Å². The molecule has 1 spiro atoms. The fraction of sp³-hybridized carbons (Fsp3) is 0.706. The minimum atomic E-state index is -0.865. The zero-order valence-electron chi connectivity index (χ0n) is 14.8. The number of piperidine rings is 1. The van der Waals surface area contributed by atoms with Crippen molar-refractivity contribution in [3.05, 3.63) is 16.6 Å². The highest BCUT2D eigenvalue weighted by Crippen LogP contribution is 2.49. The topological polar surface area (TPSA) is 85.0 Å². The van der Waals surface area contributed by atoms with Crippen LogP contribution in [0.4, 0.5) is 0 Å². The fourth-order valence-corrected chi connectivity index (χ4v) is 5.00. The molecule has 2 aromatic heterocycles. The van der Waals surface area contributed by atoms with Crippen molar-refractivity contribution in [2.45, 2.75) is 49.4 Å². The fourth-order valence-electron chi connectivity index (χ4n) is 4.66. The maximum Gasteiger partial charge on any atom is 0.277 e. The first-order valence-electron chi connectivity index (χ1n) is 8.89. The lowest BCUT2D eigenvalue weighted by Gasteiger charge is -2.49. The van der Waals surface area contributed by atoms with Crippen LogP contribution in [0.2, 0.25) is 0 Å². The molecule has 136 valence electrons. The lowest BCUT2D eigenvalue weighted by atomic mass is 9.66. The molecule has 0 amide bonds. The van der Waals surface area contributed by atoms with E-state index in [1.54, 1.807) is 15.6 Å². The quantitative estimate of drug-likeness (QED) is 0.628. The maximum absolute atomic E-state index is 12.9. The Morgan fingerprint density at radius 1 is 1.36 bits per heavy atom. The van der Waals surface area contributed by atoms with Crippen molar-refractivity contribution >= 4 is 22.8 Å². The number of fused-ring (bicyclic) bond motifs is 1. The van der Waals surface area contributed by atoms with Crippen LogP contribution in [0.3, 0.4) is 0 Å². The first-order valence-corrected chi connectivity index (χ1v) is 10.1. The molecule has 2 aromatic rings. The van der Waals surface area contributed by atoms with Gasteiger partial charge >= 0.3 is 0 Å². The summed E-state index contributed by atoms with van der Waals surface area (Å²) in [5.74, 6) is 0. The van der Waals surface area contributed by atoms with Crippen LogP contribution in [0.25, 0.3) is 11.0 Å². The summed E-state index contributed by atoms with van der Waals surface area (Å²) in [6.07, 6.45) is 8.52. The number of nitrogens with one attached hydrogen (secondary N) is 1. The van der Waals surface area contributed by atoms with Gasteiger partial charge in [-0.3, -0.25) is 9.48 Å². The molecule has 1 aliphatic heterocycles. The van der Waals surface area contributed by atoms with E-state index >= 15 is 0 Å². The third-order valence-corrected chi connectivity index (χ3v) is 6.76. The number of aliphatic hydroxyl groups is 1. The first kappa shape index (κ1) is 17.1. The van der Waals surface area contributed by atoms with E-state index in [1.165, 1.54) is 11.8 Å². The molecule has 2 aliphatic rings. The Labute approximate surface area is 150 Å². The third kappa shape index (κ3) is 2.53. The Morgan fingerprint density at radius 3 is 2.84 bits per heavy atom. The van der Waals surface area contributed by atoms with Gasteiger partial charge in [-0.2, -0.15) is 0 Å². The standard InChI is InChI=1S/C17H25N5O2S/c1-21-13-12(9-19-15(20-13)25-2)14(23)22(21)11-17(24)7-8-18-10-16(17)5-3-4-6-16/h9,18,24H,3-8,10-11H2,1-2H3. The van der Waals surface area contributed by atoms with Gasteiger partial charge < -0.3 is 10.4 Å². The van der Waals surface area contributed by atoms with Gasteiger partial charge in [-0.15, -0.1) is 0 Å². The number of nitrogens with zero attached hydrogens (tertiary/aromatic N) is 4. The summed E-state index contributed by atoms with van der Waals surface area (Å²) in [6.45, 7) is 1.93. The Balaban J connectivity index is 1.78. The van der Waals surface area contributed by atoms with Gasteiger partial charge in [-0.05, 0) is 32.1 Å². The third-order valence-electron chi connectivity index (χ3n) is 6.20. The first-order chi connectivity index (χ1) is 12.0. The summed E-state index contributed by atoms with van der Waals surface area (Å²) in [5, 5.41) is 16.2. The Morgan fingerprint density at radius 2 is 2.12 bits per heavy atom. The summed E-state index contributed by atoms with van der Waals surface area (Å²) < 4.78 is 3.43. The molecule has 2 fully saturated rings. The average molecular weight is 363 g/mol. The van der Waals surface area contributed by atoms with E-state index in [4.69, 9.17) is 0 Å². The molecular formula is C17H25N5O2S. The van der Waals surface area contributed by atoms with E-state index in [-0.39, 0.29) is 11.0 Å². The van der Waals surface area contributed by atoms with Crippen LogP contribution < -0.4 is 10.9 Å². The summed E-state index contributed by atoms with van der Waals surface area (Å²) >= 11 is 1.45. The van der Waals surface area contributed by atoms with Crippen molar-refractivity contribution < 1.29 is 5.11 Å². The van der Waals surface area contributed by atoms with Gasteiger partial charge in [-0.1, -0.05) is 24.6 Å². The molecule has 3 heterocycles. The molecule has 1 saturated carbocycles. The Hall–Kier alpha value is -1.38. The molecule has 2 N–H and O–H groups in total. The summed E-state index contributed by atoms with van der Waals surface area (Å²) in [7, 11) is 1.84. The van der Waals surface area contributed by atoms with Crippen LogP contribution in [0, 0.1) is 5.41 Å². The van der Waals surface area contributed by atoms with E-state index in [9.17, 15) is 9.90 Å². The van der Waals surface area contributed by atoms with Gasteiger partial charge in [0.15, 0.2) is 10.8 Å². The van der Waals surface area contributed by atoms with Crippen molar-refractivity contribution in [2.75, 3.05) is 19.3 Å². The summed E-state index contributed by atoms with van der Waals surface area (Å²) in [6, 6.07) is 0. The number of aromatic nitrogens is 4. The van der Waals surface area contributed by atoms with E-state index in [0.29, 0.717) is 29.2 Å². The molecule has 1 atom stereocenters. The number of rotatable bonds is 3. The van der Waals surface area contributed by atoms with Gasteiger partial charge in [0.25, 0.3) is 5.56 Å². The van der Waals surface area contributed by atoms with Crippen LogP contribution >= 0.6 is 11.8 Å². The highest BCUT2D eigenvalue weighted by Gasteiger charge is 2.53. The lowest BCUT2D eigenvalue weighted by molar-refractivity contribution is -0.118. The van der Waals surface area contributed by atoms with E-state index in [2.05, 4.69) is 15.3 Å². The SMILES string of the molecule is CSc1ncc2c(=O)n(CC3(O)CCNCC34CCCC4)n(C)c2n1. The monoisotopic (exact) mass is 363 g/mol. The van der Waals surface area contributed by atoms with Crippen molar-refractivity contribution in [3.63, 3.8) is 0 Å². The second kappa shape index (κ2) is 6.10. The van der Waals surface area contributed by atoms with Crippen molar-refractivity contribution in [1.82, 2.24) is 24.6 Å². The minimum Gasteiger partial charge on any atom is -0.387 e. The van der Waals surface area contributed by atoms with E-state index < -0.39 is 5.60 Å². The predicted octanol–water partition coefficient (Wildman–Crippen LogP) is 1.14. The molecule has 1 aliphatic carbocycles. The van der Waals surface area contributed by atoms with Crippen LogP contribution in [0.15, 0.2) is 16.1 Å². The summed E-state index contributed by atoms with van der Waals surface area (Å²) in [5.41, 5.74) is -0.485. The van der Waals surface area contributed by atoms with Gasteiger partial charge in [0, 0.05) is 25.2 Å². The molecule has 1 unspecified atom stereocenters. The normalized spacial score (nSPS) is 25.9. The van der Waals surface area contributed by atoms with Crippen molar-refractivity contribution in [3.8, 4) is 0 Å². The smallest absolute Gasteiger partial charge is 0.277 e. The molecule has 8 heteroatoms. The zero-order valence-corrected chi connectivity index (χ0v) is 15.6. The highest BCUT2D eigenvalue weighted by molar-refractivity contribution is 7.98. The molecule has 25 heavy (non-hydrogen) atoms. The molecule has 0 bridgehead atoms. The summed E-state index contributed by atoms with van der Waals surface area (Å²) in [4.78, 5) is 21.6. The van der Waals surface area contributed by atoms with Gasteiger partial charge in [-0.25, -0.2) is 14.6 Å². The van der Waals surface area contributed by atoms with Crippen LogP contribution in [0.5, 0.6) is 0 Å². The van der Waals surface area contributed by atoms with Crippen LogP contribution in [0.1, 0.15) is 32.1 Å². The van der Waals surface area contributed by atoms with Gasteiger partial charge in [0.2, 0.25) is 0 Å². The minimum absolute atomic E-state index is 0.120. The van der Waals surface area contributed by atoms with Gasteiger partial charge in [0.1, 0.15) is 5.39 Å². The zero-order chi connectivity index (χ0) is 17.7. The second-order valence-electron chi connectivity index (χ2n) is 7.43. The lowest BCUT2D eigenvalue weighted by Crippen LogP contribution is -2.60. The molecule has 0 aromatic carbocycles. The van der Waals surface area contributed by atoms with Gasteiger partial charge in [0.05, 0.1) is 12.1 Å². The maximum atomic E-state index is 12.9. The number of thioether (sulfide) groups is 1. The number of aryl methyl sites for hydroxylation is 1. The molecule has 4 rings (SSSR count).